The van der Waals surface area contributed by atoms with Crippen molar-refractivity contribution in [2.75, 3.05) is 41.6 Å². The fraction of sp³-hybridized carbons (Fsp3) is 0.320. The zero-order valence-electron chi connectivity index (χ0n) is 19.3. The number of nitrogens with one attached hydrogen (secondary N) is 1. The summed E-state index contributed by atoms with van der Waals surface area (Å²) in [5.41, 5.74) is 4.85. The number of rotatable bonds is 9. The first-order valence-corrected chi connectivity index (χ1v) is 10.2. The standard InChI is InChI=1S/C25H29NO6/c1-15(11-23(27)26-9-10-28-3)18-13-20-21(14-32-25(20)16(2)24(18)31-6)19-12-17(29-4)7-8-22(19)30-5/h7-8,11-14H,9-10H2,1-6H3,(H,26,27)/b15-11+. The van der Waals surface area contributed by atoms with Crippen LogP contribution in [0.2, 0.25) is 0 Å². The van der Waals surface area contributed by atoms with Crippen LogP contribution in [-0.4, -0.2) is 47.5 Å². The Bertz CT molecular complexity index is 1150. The summed E-state index contributed by atoms with van der Waals surface area (Å²) < 4.78 is 27.6. The SMILES string of the molecule is COCCNC(=O)/C=C(\C)c1cc2c(-c3cc(OC)ccc3OC)coc2c(C)c1OC. The van der Waals surface area contributed by atoms with Gasteiger partial charge in [0.25, 0.3) is 0 Å². The highest BCUT2D eigenvalue weighted by Crippen LogP contribution is 2.43. The van der Waals surface area contributed by atoms with E-state index in [1.54, 1.807) is 40.8 Å². The molecule has 0 fully saturated rings. The lowest BCUT2D eigenvalue weighted by Gasteiger charge is -2.14. The summed E-state index contributed by atoms with van der Waals surface area (Å²) in [5, 5.41) is 3.69. The van der Waals surface area contributed by atoms with Crippen LogP contribution < -0.4 is 19.5 Å². The quantitative estimate of drug-likeness (QED) is 0.388. The molecule has 7 nitrogen and oxygen atoms in total. The van der Waals surface area contributed by atoms with E-state index in [4.69, 9.17) is 23.4 Å². The minimum absolute atomic E-state index is 0.193. The molecule has 1 amide bonds. The van der Waals surface area contributed by atoms with Crippen LogP contribution in [0.15, 0.2) is 41.0 Å². The van der Waals surface area contributed by atoms with Crippen LogP contribution in [0.1, 0.15) is 18.1 Å². The molecule has 0 aliphatic carbocycles. The summed E-state index contributed by atoms with van der Waals surface area (Å²) >= 11 is 0. The van der Waals surface area contributed by atoms with Crippen molar-refractivity contribution in [1.82, 2.24) is 5.32 Å². The number of hydrogen-bond donors (Lipinski definition) is 1. The Kier molecular flexibility index (Phi) is 7.43. The normalized spacial score (nSPS) is 11.5. The van der Waals surface area contributed by atoms with Crippen molar-refractivity contribution >= 4 is 22.4 Å². The summed E-state index contributed by atoms with van der Waals surface area (Å²) in [5.74, 6) is 1.88. The minimum atomic E-state index is -0.193. The first-order chi connectivity index (χ1) is 15.4. The molecule has 0 atom stereocenters. The van der Waals surface area contributed by atoms with Gasteiger partial charge in [-0.25, -0.2) is 0 Å². The van der Waals surface area contributed by atoms with Crippen molar-refractivity contribution < 1.29 is 28.2 Å². The van der Waals surface area contributed by atoms with Crippen molar-refractivity contribution in [3.8, 4) is 28.4 Å². The number of benzene rings is 2. The van der Waals surface area contributed by atoms with E-state index in [1.807, 2.05) is 38.1 Å². The molecule has 170 valence electrons. The number of amides is 1. The Labute approximate surface area is 187 Å². The summed E-state index contributed by atoms with van der Waals surface area (Å²) in [6.45, 7) is 4.71. The van der Waals surface area contributed by atoms with Crippen LogP contribution in [0.4, 0.5) is 0 Å². The average Bonchev–Trinajstić information content (AvgIpc) is 3.22. The van der Waals surface area contributed by atoms with E-state index >= 15 is 0 Å². The molecular weight excluding hydrogens is 410 g/mol. The van der Waals surface area contributed by atoms with Crippen molar-refractivity contribution in [2.24, 2.45) is 0 Å². The third-order valence-electron chi connectivity index (χ3n) is 5.32. The third-order valence-corrected chi connectivity index (χ3v) is 5.32. The van der Waals surface area contributed by atoms with Gasteiger partial charge in [-0.1, -0.05) is 0 Å². The highest BCUT2D eigenvalue weighted by atomic mass is 16.5. The largest absolute Gasteiger partial charge is 0.497 e. The molecule has 0 bridgehead atoms. The van der Waals surface area contributed by atoms with E-state index in [1.165, 1.54) is 0 Å². The maximum Gasteiger partial charge on any atom is 0.244 e. The highest BCUT2D eigenvalue weighted by Gasteiger charge is 2.20. The van der Waals surface area contributed by atoms with E-state index in [9.17, 15) is 4.79 Å². The van der Waals surface area contributed by atoms with E-state index < -0.39 is 0 Å². The summed E-state index contributed by atoms with van der Waals surface area (Å²) in [6.07, 6.45) is 3.26. The number of carbonyl (C=O) groups excluding carboxylic acids is 1. The molecule has 0 aliphatic rings. The van der Waals surface area contributed by atoms with Crippen LogP contribution in [0.5, 0.6) is 17.2 Å². The Morgan fingerprint density at radius 3 is 2.50 bits per heavy atom. The van der Waals surface area contributed by atoms with Crippen molar-refractivity contribution in [2.45, 2.75) is 13.8 Å². The van der Waals surface area contributed by atoms with E-state index in [0.717, 1.165) is 33.2 Å². The smallest absolute Gasteiger partial charge is 0.244 e. The molecule has 1 aromatic heterocycles. The van der Waals surface area contributed by atoms with Gasteiger partial charge in [0.2, 0.25) is 5.91 Å². The maximum atomic E-state index is 12.3. The first kappa shape index (κ1) is 23.2. The monoisotopic (exact) mass is 439 g/mol. The fourth-order valence-electron chi connectivity index (χ4n) is 3.71. The first-order valence-electron chi connectivity index (χ1n) is 10.2. The molecule has 0 saturated heterocycles. The van der Waals surface area contributed by atoms with Gasteiger partial charge in [-0.15, -0.1) is 0 Å². The van der Waals surface area contributed by atoms with E-state index in [0.29, 0.717) is 36.0 Å². The number of allylic oxidation sites excluding steroid dienone is 1. The van der Waals surface area contributed by atoms with Gasteiger partial charge in [0.1, 0.15) is 22.8 Å². The Morgan fingerprint density at radius 2 is 1.84 bits per heavy atom. The molecule has 0 spiro atoms. The Hall–Kier alpha value is -3.45. The number of aryl methyl sites for hydroxylation is 1. The summed E-state index contributed by atoms with van der Waals surface area (Å²) in [6, 6.07) is 7.60. The fourth-order valence-corrected chi connectivity index (χ4v) is 3.71. The molecule has 32 heavy (non-hydrogen) atoms. The van der Waals surface area contributed by atoms with Crippen LogP contribution in [0, 0.1) is 6.92 Å². The Morgan fingerprint density at radius 1 is 1.06 bits per heavy atom. The molecule has 1 N–H and O–H groups in total. The number of ether oxygens (including phenoxy) is 4. The lowest BCUT2D eigenvalue weighted by atomic mass is 9.96. The molecule has 0 unspecified atom stereocenters. The third kappa shape index (κ3) is 4.57. The van der Waals surface area contributed by atoms with Gasteiger partial charge < -0.3 is 28.7 Å². The molecule has 0 saturated carbocycles. The molecule has 7 heteroatoms. The second-order valence-corrected chi connectivity index (χ2v) is 7.29. The number of hydrogen-bond acceptors (Lipinski definition) is 6. The topological polar surface area (TPSA) is 79.2 Å². The van der Waals surface area contributed by atoms with Crippen molar-refractivity contribution in [3.05, 3.63) is 47.7 Å². The highest BCUT2D eigenvalue weighted by molar-refractivity contribution is 6.02. The van der Waals surface area contributed by atoms with Crippen molar-refractivity contribution in [3.63, 3.8) is 0 Å². The average molecular weight is 440 g/mol. The van der Waals surface area contributed by atoms with Crippen molar-refractivity contribution in [1.29, 1.82) is 0 Å². The molecule has 1 heterocycles. The summed E-state index contributed by atoms with van der Waals surface area (Å²) in [7, 11) is 6.45. The van der Waals surface area contributed by atoms with E-state index in [2.05, 4.69) is 5.32 Å². The molecule has 0 aliphatic heterocycles. The molecule has 2 aromatic carbocycles. The van der Waals surface area contributed by atoms with Gasteiger partial charge in [0.15, 0.2) is 0 Å². The van der Waals surface area contributed by atoms with Crippen LogP contribution >= 0.6 is 0 Å². The Balaban J connectivity index is 2.15. The number of furan rings is 1. The number of carbonyl (C=O) groups is 1. The molecule has 0 radical (unpaired) electrons. The van der Waals surface area contributed by atoms with Gasteiger partial charge >= 0.3 is 0 Å². The maximum absolute atomic E-state index is 12.3. The summed E-state index contributed by atoms with van der Waals surface area (Å²) in [4.78, 5) is 12.3. The lowest BCUT2D eigenvalue weighted by Crippen LogP contribution is -2.25. The van der Waals surface area contributed by atoms with Crippen LogP contribution in [-0.2, 0) is 9.53 Å². The van der Waals surface area contributed by atoms with Gasteiger partial charge in [-0.05, 0) is 43.7 Å². The lowest BCUT2D eigenvalue weighted by molar-refractivity contribution is -0.116. The molecular formula is C25H29NO6. The van der Waals surface area contributed by atoms with Gasteiger partial charge in [-0.3, -0.25) is 4.79 Å². The zero-order chi connectivity index (χ0) is 23.3. The second-order valence-electron chi connectivity index (χ2n) is 7.29. The number of fused-ring (bicyclic) bond motifs is 1. The number of methoxy groups -OCH3 is 4. The molecule has 3 aromatic rings. The second kappa shape index (κ2) is 10.2. The van der Waals surface area contributed by atoms with Gasteiger partial charge in [-0.2, -0.15) is 0 Å². The van der Waals surface area contributed by atoms with E-state index in [-0.39, 0.29) is 5.91 Å². The van der Waals surface area contributed by atoms with Gasteiger partial charge in [0, 0.05) is 47.4 Å². The van der Waals surface area contributed by atoms with Gasteiger partial charge in [0.05, 0.1) is 34.2 Å². The predicted octanol–water partition coefficient (Wildman–Crippen LogP) is 4.60. The molecule has 3 rings (SSSR count). The predicted molar refractivity (Wildman–Crippen MR) is 125 cm³/mol. The minimum Gasteiger partial charge on any atom is -0.497 e. The zero-order valence-corrected chi connectivity index (χ0v) is 19.3. The van der Waals surface area contributed by atoms with Crippen LogP contribution in [0.25, 0.3) is 27.7 Å². The van der Waals surface area contributed by atoms with Crippen LogP contribution in [0.3, 0.4) is 0 Å².